The number of thioether (sulfide) groups is 1. The van der Waals surface area contributed by atoms with Gasteiger partial charge in [0.2, 0.25) is 5.89 Å². The number of benzene rings is 1. The number of aromatic nitrogens is 2. The van der Waals surface area contributed by atoms with Crippen molar-refractivity contribution in [2.45, 2.75) is 29.9 Å². The third kappa shape index (κ3) is 3.88. The number of nitrogens with zero attached hydrogens (tertiary/aromatic N) is 2. The summed E-state index contributed by atoms with van der Waals surface area (Å²) in [5, 5.41) is 12.1. The zero-order valence-electron chi connectivity index (χ0n) is 11.0. The van der Waals surface area contributed by atoms with Gasteiger partial charge in [-0.1, -0.05) is 29.4 Å². The van der Waals surface area contributed by atoms with Gasteiger partial charge in [-0.15, -0.1) is 22.6 Å². The molecule has 114 valence electrons. The molecule has 0 saturated carbocycles. The van der Waals surface area contributed by atoms with Gasteiger partial charge in [-0.2, -0.15) is 0 Å². The molecule has 0 spiro atoms. The van der Waals surface area contributed by atoms with Gasteiger partial charge in [-0.25, -0.2) is 4.39 Å². The van der Waals surface area contributed by atoms with Crippen molar-refractivity contribution in [1.82, 2.24) is 15.5 Å². The van der Waals surface area contributed by atoms with Crippen LogP contribution in [0.2, 0.25) is 5.02 Å². The highest BCUT2D eigenvalue weighted by molar-refractivity contribution is 7.98. The molecule has 2 heterocycles. The molecule has 8 heteroatoms. The van der Waals surface area contributed by atoms with Crippen LogP contribution >= 0.6 is 35.8 Å². The lowest BCUT2D eigenvalue weighted by Gasteiger charge is -2.04. The summed E-state index contributed by atoms with van der Waals surface area (Å²) < 4.78 is 19.2. The number of hydrogen-bond acceptors (Lipinski definition) is 5. The fraction of sp³-hybridized carbons (Fsp3) is 0.385. The zero-order valence-corrected chi connectivity index (χ0v) is 13.4. The molecule has 1 aromatic heterocycles. The van der Waals surface area contributed by atoms with Crippen LogP contribution in [0.15, 0.2) is 27.8 Å². The first-order valence-electron chi connectivity index (χ1n) is 6.36. The molecule has 0 aliphatic carbocycles. The average Bonchev–Trinajstić information content (AvgIpc) is 3.09. The fourth-order valence-electron chi connectivity index (χ4n) is 2.12. The first kappa shape index (κ1) is 16.5. The summed E-state index contributed by atoms with van der Waals surface area (Å²) in [5.41, 5.74) is 0.456. The van der Waals surface area contributed by atoms with Crippen molar-refractivity contribution >= 4 is 35.8 Å². The first-order chi connectivity index (χ1) is 9.74. The van der Waals surface area contributed by atoms with Crippen LogP contribution in [0, 0.1) is 5.82 Å². The Morgan fingerprint density at radius 1 is 1.43 bits per heavy atom. The molecule has 4 nitrogen and oxygen atoms in total. The molecular weight excluding hydrogens is 336 g/mol. The minimum Gasteiger partial charge on any atom is -0.414 e. The Morgan fingerprint density at radius 3 is 3.00 bits per heavy atom. The van der Waals surface area contributed by atoms with E-state index in [0.29, 0.717) is 27.5 Å². The van der Waals surface area contributed by atoms with Crippen LogP contribution in [0.25, 0.3) is 0 Å². The highest BCUT2D eigenvalue weighted by Crippen LogP contribution is 2.29. The molecule has 1 aliphatic rings. The average molecular weight is 350 g/mol. The predicted molar refractivity (Wildman–Crippen MR) is 82.5 cm³/mol. The summed E-state index contributed by atoms with van der Waals surface area (Å²) in [5.74, 6) is 0.650. The lowest BCUT2D eigenvalue weighted by atomic mass is 10.2. The van der Waals surface area contributed by atoms with Crippen LogP contribution in [0.4, 0.5) is 4.39 Å². The maximum Gasteiger partial charge on any atom is 0.276 e. The summed E-state index contributed by atoms with van der Waals surface area (Å²) in [7, 11) is 0. The summed E-state index contributed by atoms with van der Waals surface area (Å²) in [4.78, 5) is 0. The maximum atomic E-state index is 13.6. The number of nitrogens with one attached hydrogen (secondary N) is 1. The lowest BCUT2D eigenvalue weighted by Crippen LogP contribution is -2.12. The molecule has 0 amide bonds. The SMILES string of the molecule is Cl.Fc1cccc(Cl)c1CSc1nnc(C2CCCN2)o1. The van der Waals surface area contributed by atoms with Gasteiger partial charge >= 0.3 is 0 Å². The van der Waals surface area contributed by atoms with E-state index in [2.05, 4.69) is 15.5 Å². The molecule has 1 unspecified atom stereocenters. The third-order valence-electron chi connectivity index (χ3n) is 3.18. The van der Waals surface area contributed by atoms with Crippen molar-refractivity contribution in [3.63, 3.8) is 0 Å². The van der Waals surface area contributed by atoms with Gasteiger partial charge in [0.15, 0.2) is 0 Å². The summed E-state index contributed by atoms with van der Waals surface area (Å²) in [6, 6.07) is 4.79. The van der Waals surface area contributed by atoms with Crippen LogP contribution in [0.1, 0.15) is 30.3 Å². The van der Waals surface area contributed by atoms with E-state index < -0.39 is 0 Å². The van der Waals surface area contributed by atoms with E-state index in [4.69, 9.17) is 16.0 Å². The third-order valence-corrected chi connectivity index (χ3v) is 4.38. The van der Waals surface area contributed by atoms with Gasteiger partial charge < -0.3 is 9.73 Å². The molecule has 1 aliphatic heterocycles. The summed E-state index contributed by atoms with van der Waals surface area (Å²) >= 11 is 7.26. The number of rotatable bonds is 4. The molecule has 1 N–H and O–H groups in total. The first-order valence-corrected chi connectivity index (χ1v) is 7.73. The fourth-order valence-corrected chi connectivity index (χ4v) is 3.23. The number of halogens is 3. The van der Waals surface area contributed by atoms with Crippen LogP contribution < -0.4 is 5.32 Å². The van der Waals surface area contributed by atoms with Crippen LogP contribution in [0.3, 0.4) is 0 Å². The second-order valence-corrected chi connectivity index (χ2v) is 5.88. The van der Waals surface area contributed by atoms with Crippen LogP contribution in [0.5, 0.6) is 0 Å². The Balaban J connectivity index is 0.00000161. The van der Waals surface area contributed by atoms with E-state index in [9.17, 15) is 4.39 Å². The Morgan fingerprint density at radius 2 is 2.29 bits per heavy atom. The minimum absolute atomic E-state index is 0. The maximum absolute atomic E-state index is 13.6. The van der Waals surface area contributed by atoms with Crippen molar-refractivity contribution in [3.8, 4) is 0 Å². The smallest absolute Gasteiger partial charge is 0.276 e. The molecule has 21 heavy (non-hydrogen) atoms. The largest absolute Gasteiger partial charge is 0.414 e. The zero-order chi connectivity index (χ0) is 13.9. The Bertz CT molecular complexity index is 585. The molecule has 0 bridgehead atoms. The molecule has 1 atom stereocenters. The predicted octanol–water partition coefficient (Wildman–Crippen LogP) is 4.00. The monoisotopic (exact) mass is 349 g/mol. The Kier molecular flexibility index (Phi) is 5.87. The van der Waals surface area contributed by atoms with Gasteiger partial charge in [0, 0.05) is 16.3 Å². The van der Waals surface area contributed by atoms with Gasteiger partial charge in [0.25, 0.3) is 5.22 Å². The van der Waals surface area contributed by atoms with E-state index in [1.807, 2.05) is 0 Å². The lowest BCUT2D eigenvalue weighted by molar-refractivity contribution is 0.374. The van der Waals surface area contributed by atoms with Crippen LogP contribution in [-0.4, -0.2) is 16.7 Å². The Hall–Kier alpha value is -0.820. The molecule has 3 rings (SSSR count). The van der Waals surface area contributed by atoms with Gasteiger partial charge in [-0.05, 0) is 31.5 Å². The molecule has 0 radical (unpaired) electrons. The van der Waals surface area contributed by atoms with Crippen molar-refractivity contribution in [2.24, 2.45) is 0 Å². The van der Waals surface area contributed by atoms with E-state index in [1.165, 1.54) is 17.8 Å². The van der Waals surface area contributed by atoms with E-state index >= 15 is 0 Å². The van der Waals surface area contributed by atoms with E-state index in [-0.39, 0.29) is 24.3 Å². The molecule has 1 saturated heterocycles. The van der Waals surface area contributed by atoms with Crippen molar-refractivity contribution in [2.75, 3.05) is 6.54 Å². The van der Waals surface area contributed by atoms with Gasteiger partial charge in [-0.3, -0.25) is 0 Å². The van der Waals surface area contributed by atoms with E-state index in [1.54, 1.807) is 12.1 Å². The van der Waals surface area contributed by atoms with Crippen LogP contribution in [-0.2, 0) is 5.75 Å². The van der Waals surface area contributed by atoms with Gasteiger partial charge in [0.05, 0.1) is 6.04 Å². The topological polar surface area (TPSA) is 51.0 Å². The molecule has 2 aromatic rings. The van der Waals surface area contributed by atoms with Crippen molar-refractivity contribution in [1.29, 1.82) is 0 Å². The molecular formula is C13H14Cl2FN3OS. The normalized spacial score (nSPS) is 17.7. The van der Waals surface area contributed by atoms with Crippen molar-refractivity contribution < 1.29 is 8.81 Å². The Labute approximate surface area is 137 Å². The standard InChI is InChI=1S/C13H13ClFN3OS.ClH/c14-9-3-1-4-10(15)8(9)7-20-13-18-17-12(19-13)11-5-2-6-16-11;/h1,3-4,11,16H,2,5-7H2;1H. The summed E-state index contributed by atoms with van der Waals surface area (Å²) in [6.07, 6.45) is 2.12. The molecule has 1 fully saturated rings. The summed E-state index contributed by atoms with van der Waals surface area (Å²) in [6.45, 7) is 0.973. The van der Waals surface area contributed by atoms with E-state index in [0.717, 1.165) is 19.4 Å². The highest BCUT2D eigenvalue weighted by atomic mass is 35.5. The second-order valence-electron chi connectivity index (χ2n) is 4.54. The minimum atomic E-state index is -0.317. The quantitative estimate of drug-likeness (QED) is 0.845. The van der Waals surface area contributed by atoms with Gasteiger partial charge in [0.1, 0.15) is 5.82 Å². The number of hydrogen-bond donors (Lipinski definition) is 1. The van der Waals surface area contributed by atoms with Crippen molar-refractivity contribution in [3.05, 3.63) is 40.5 Å². The second kappa shape index (κ2) is 7.45. The molecule has 1 aromatic carbocycles. The highest BCUT2D eigenvalue weighted by Gasteiger charge is 2.22.